The van der Waals surface area contributed by atoms with E-state index in [1.165, 1.54) is 11.1 Å². The first-order valence-corrected chi connectivity index (χ1v) is 9.08. The van der Waals surface area contributed by atoms with Crippen LogP contribution in [0.5, 0.6) is 0 Å². The van der Waals surface area contributed by atoms with Gasteiger partial charge in [0.15, 0.2) is 0 Å². The first-order valence-electron chi connectivity index (χ1n) is 9.08. The Hall–Kier alpha value is -1.81. The van der Waals surface area contributed by atoms with Crippen LogP contribution in [0, 0.1) is 25.7 Å². The van der Waals surface area contributed by atoms with Gasteiger partial charge < -0.3 is 14.6 Å². The highest BCUT2D eigenvalue weighted by molar-refractivity contribution is 5.89. The number of likely N-dealkylation sites (tertiary alicyclic amines) is 1. The lowest BCUT2D eigenvalue weighted by Gasteiger charge is -2.20. The standard InChI is InChI=1S/C20H26N2O2/c1-13-3-4-18-17(12-24-20(18)14(13)2)9-19(23)22-7-5-15-10-21-11-16(15)6-8-22/h3-4,12,15-16,21H,5-11H2,1-2H3/t15-,16+. The lowest BCUT2D eigenvalue weighted by Crippen LogP contribution is -2.33. The van der Waals surface area contributed by atoms with E-state index >= 15 is 0 Å². The third kappa shape index (κ3) is 2.73. The summed E-state index contributed by atoms with van der Waals surface area (Å²) in [5, 5.41) is 4.57. The zero-order valence-corrected chi connectivity index (χ0v) is 14.6. The van der Waals surface area contributed by atoms with Gasteiger partial charge in [0.05, 0.1) is 12.7 Å². The molecule has 128 valence electrons. The van der Waals surface area contributed by atoms with E-state index in [9.17, 15) is 4.79 Å². The summed E-state index contributed by atoms with van der Waals surface area (Å²) in [6.45, 7) is 8.21. The van der Waals surface area contributed by atoms with Crippen LogP contribution in [-0.4, -0.2) is 37.0 Å². The number of carbonyl (C=O) groups is 1. The van der Waals surface area contributed by atoms with Crippen molar-refractivity contribution in [2.24, 2.45) is 11.8 Å². The Morgan fingerprint density at radius 3 is 2.62 bits per heavy atom. The molecule has 2 aliphatic rings. The second kappa shape index (κ2) is 6.25. The second-order valence-electron chi connectivity index (χ2n) is 7.46. The Morgan fingerprint density at radius 1 is 1.21 bits per heavy atom. The molecule has 1 N–H and O–H groups in total. The van der Waals surface area contributed by atoms with Gasteiger partial charge in [0, 0.05) is 24.0 Å². The van der Waals surface area contributed by atoms with Crippen LogP contribution >= 0.6 is 0 Å². The van der Waals surface area contributed by atoms with Gasteiger partial charge in [-0.3, -0.25) is 4.79 Å². The van der Waals surface area contributed by atoms with Crippen molar-refractivity contribution < 1.29 is 9.21 Å². The van der Waals surface area contributed by atoms with Crippen molar-refractivity contribution in [2.75, 3.05) is 26.2 Å². The van der Waals surface area contributed by atoms with Crippen molar-refractivity contribution in [1.82, 2.24) is 10.2 Å². The molecule has 4 nitrogen and oxygen atoms in total. The summed E-state index contributed by atoms with van der Waals surface area (Å²) >= 11 is 0. The average molecular weight is 326 g/mol. The van der Waals surface area contributed by atoms with Gasteiger partial charge in [-0.15, -0.1) is 0 Å². The number of aryl methyl sites for hydroxylation is 2. The topological polar surface area (TPSA) is 45.5 Å². The smallest absolute Gasteiger partial charge is 0.227 e. The number of rotatable bonds is 2. The minimum absolute atomic E-state index is 0.240. The maximum absolute atomic E-state index is 12.8. The van der Waals surface area contributed by atoms with Crippen LogP contribution in [0.25, 0.3) is 11.0 Å². The molecule has 2 atom stereocenters. The zero-order valence-electron chi connectivity index (χ0n) is 14.6. The molecule has 2 aliphatic heterocycles. The summed E-state index contributed by atoms with van der Waals surface area (Å²) in [6.07, 6.45) is 4.48. The second-order valence-corrected chi connectivity index (χ2v) is 7.46. The Morgan fingerprint density at radius 2 is 1.92 bits per heavy atom. The number of hydrogen-bond acceptors (Lipinski definition) is 3. The molecule has 1 amide bonds. The van der Waals surface area contributed by atoms with Crippen LogP contribution in [-0.2, 0) is 11.2 Å². The first kappa shape index (κ1) is 15.7. The molecule has 2 saturated heterocycles. The summed E-state index contributed by atoms with van der Waals surface area (Å²) < 4.78 is 5.76. The molecule has 2 fully saturated rings. The molecular formula is C20H26N2O2. The van der Waals surface area contributed by atoms with Crippen LogP contribution in [0.4, 0.5) is 0 Å². The number of furan rings is 1. The van der Waals surface area contributed by atoms with E-state index < -0.39 is 0 Å². The highest BCUT2D eigenvalue weighted by Crippen LogP contribution is 2.29. The van der Waals surface area contributed by atoms with Gasteiger partial charge in [-0.25, -0.2) is 0 Å². The van der Waals surface area contributed by atoms with Crippen molar-refractivity contribution in [3.63, 3.8) is 0 Å². The third-order valence-electron chi connectivity index (χ3n) is 6.06. The predicted octanol–water partition coefficient (Wildman–Crippen LogP) is 3.05. The van der Waals surface area contributed by atoms with Gasteiger partial charge in [0.25, 0.3) is 0 Å². The van der Waals surface area contributed by atoms with Gasteiger partial charge in [-0.1, -0.05) is 12.1 Å². The molecule has 0 saturated carbocycles. The minimum Gasteiger partial charge on any atom is -0.464 e. The van der Waals surface area contributed by atoms with E-state index in [-0.39, 0.29) is 5.91 Å². The first-order chi connectivity index (χ1) is 11.6. The van der Waals surface area contributed by atoms with Gasteiger partial charge >= 0.3 is 0 Å². The number of benzene rings is 1. The van der Waals surface area contributed by atoms with Crippen molar-refractivity contribution in [2.45, 2.75) is 33.1 Å². The van der Waals surface area contributed by atoms with E-state index in [2.05, 4.69) is 36.2 Å². The molecule has 4 heteroatoms. The minimum atomic E-state index is 0.240. The Balaban J connectivity index is 1.49. The third-order valence-corrected chi connectivity index (χ3v) is 6.06. The maximum atomic E-state index is 12.8. The van der Waals surface area contributed by atoms with Gasteiger partial charge in [0.2, 0.25) is 5.91 Å². The van der Waals surface area contributed by atoms with Crippen molar-refractivity contribution in [1.29, 1.82) is 0 Å². The van der Waals surface area contributed by atoms with Crippen LogP contribution in [0.2, 0.25) is 0 Å². The molecule has 0 radical (unpaired) electrons. The number of carbonyl (C=O) groups excluding carboxylic acids is 1. The van der Waals surface area contributed by atoms with Crippen LogP contribution < -0.4 is 5.32 Å². The predicted molar refractivity (Wildman–Crippen MR) is 95.1 cm³/mol. The van der Waals surface area contributed by atoms with Crippen molar-refractivity contribution in [3.8, 4) is 0 Å². The number of amides is 1. The SMILES string of the molecule is Cc1ccc2c(CC(=O)N3CC[C@@H]4CNC[C@@H]4CC3)coc2c1C. The molecule has 1 aromatic heterocycles. The highest BCUT2D eigenvalue weighted by atomic mass is 16.3. The summed E-state index contributed by atoms with van der Waals surface area (Å²) in [7, 11) is 0. The van der Waals surface area contributed by atoms with Crippen molar-refractivity contribution in [3.05, 3.63) is 35.1 Å². The summed E-state index contributed by atoms with van der Waals surface area (Å²) in [4.78, 5) is 14.9. The number of hydrogen-bond donors (Lipinski definition) is 1. The molecule has 0 unspecified atom stereocenters. The monoisotopic (exact) mass is 326 g/mol. The van der Waals surface area contributed by atoms with Crippen LogP contribution in [0.15, 0.2) is 22.8 Å². The molecule has 0 aliphatic carbocycles. The average Bonchev–Trinajstić information content (AvgIpc) is 3.14. The number of nitrogens with one attached hydrogen (secondary N) is 1. The van der Waals surface area contributed by atoms with E-state index in [0.717, 1.165) is 67.4 Å². The van der Waals surface area contributed by atoms with E-state index in [1.54, 1.807) is 6.26 Å². The molecule has 2 aromatic rings. The molecule has 1 aromatic carbocycles. The van der Waals surface area contributed by atoms with Crippen LogP contribution in [0.1, 0.15) is 29.5 Å². The summed E-state index contributed by atoms with van der Waals surface area (Å²) in [5.41, 5.74) is 4.34. The maximum Gasteiger partial charge on any atom is 0.227 e. The van der Waals surface area contributed by atoms with Gasteiger partial charge in [-0.05, 0) is 62.7 Å². The molecule has 0 spiro atoms. The van der Waals surface area contributed by atoms with E-state index in [0.29, 0.717) is 6.42 Å². The Labute approximate surface area is 143 Å². The fourth-order valence-corrected chi connectivity index (χ4v) is 4.27. The van der Waals surface area contributed by atoms with Crippen LogP contribution in [0.3, 0.4) is 0 Å². The summed E-state index contributed by atoms with van der Waals surface area (Å²) in [5.74, 6) is 1.75. The van der Waals surface area contributed by atoms with Crippen molar-refractivity contribution >= 4 is 16.9 Å². The fraction of sp³-hybridized carbons (Fsp3) is 0.550. The molecule has 24 heavy (non-hydrogen) atoms. The van der Waals surface area contributed by atoms with E-state index in [1.807, 2.05) is 0 Å². The molecular weight excluding hydrogens is 300 g/mol. The highest BCUT2D eigenvalue weighted by Gasteiger charge is 2.31. The van der Waals surface area contributed by atoms with Gasteiger partial charge in [-0.2, -0.15) is 0 Å². The van der Waals surface area contributed by atoms with E-state index in [4.69, 9.17) is 4.42 Å². The fourth-order valence-electron chi connectivity index (χ4n) is 4.27. The molecule has 0 bridgehead atoms. The Bertz CT molecular complexity index is 750. The summed E-state index contributed by atoms with van der Waals surface area (Å²) in [6, 6.07) is 4.20. The number of fused-ring (bicyclic) bond motifs is 2. The lowest BCUT2D eigenvalue weighted by atomic mass is 9.92. The number of nitrogens with zero attached hydrogens (tertiary/aromatic N) is 1. The largest absolute Gasteiger partial charge is 0.464 e. The lowest BCUT2D eigenvalue weighted by molar-refractivity contribution is -0.130. The Kier molecular flexibility index (Phi) is 4.09. The normalized spacial score (nSPS) is 24.2. The zero-order chi connectivity index (χ0) is 16.7. The molecule has 4 rings (SSSR count). The molecule has 3 heterocycles. The quantitative estimate of drug-likeness (QED) is 0.922. The van der Waals surface area contributed by atoms with Gasteiger partial charge in [0.1, 0.15) is 5.58 Å².